The Labute approximate surface area is 203 Å². The molecule has 0 radical (unpaired) electrons. The van der Waals surface area contributed by atoms with Gasteiger partial charge in [0.25, 0.3) is 0 Å². The van der Waals surface area contributed by atoms with E-state index in [4.69, 9.17) is 0 Å². The molecule has 0 saturated carbocycles. The SMILES string of the molecule is CNCc1ccccc1-c1csc([C@@H](C)Nc2nncc3ccc(N4CCNCC4=O)cc23)c1. The highest BCUT2D eigenvalue weighted by Gasteiger charge is 2.20. The molecular formula is C26H28N6OS. The molecule has 2 aromatic carbocycles. The lowest BCUT2D eigenvalue weighted by molar-refractivity contribution is -0.118. The van der Waals surface area contributed by atoms with E-state index < -0.39 is 0 Å². The average molecular weight is 473 g/mol. The van der Waals surface area contributed by atoms with E-state index in [1.807, 2.05) is 30.1 Å². The molecule has 1 saturated heterocycles. The number of aromatic nitrogens is 2. The molecule has 1 atom stereocenters. The minimum atomic E-state index is 0.0552. The number of nitrogens with zero attached hydrogens (tertiary/aromatic N) is 3. The Morgan fingerprint density at radius 3 is 2.94 bits per heavy atom. The molecule has 8 heteroatoms. The van der Waals surface area contributed by atoms with E-state index in [2.05, 4.69) is 68.8 Å². The number of nitrogens with one attached hydrogen (secondary N) is 3. The van der Waals surface area contributed by atoms with Crippen molar-refractivity contribution < 1.29 is 4.79 Å². The van der Waals surface area contributed by atoms with Crippen LogP contribution in [0.4, 0.5) is 11.5 Å². The topological polar surface area (TPSA) is 82.2 Å². The lowest BCUT2D eigenvalue weighted by Crippen LogP contribution is -2.48. The Balaban J connectivity index is 1.41. The second kappa shape index (κ2) is 9.89. The van der Waals surface area contributed by atoms with E-state index in [1.54, 1.807) is 17.5 Å². The number of carbonyl (C=O) groups is 1. The summed E-state index contributed by atoms with van der Waals surface area (Å²) >= 11 is 1.74. The van der Waals surface area contributed by atoms with Gasteiger partial charge in [-0.2, -0.15) is 5.10 Å². The first-order chi connectivity index (χ1) is 16.6. The van der Waals surface area contributed by atoms with Gasteiger partial charge in [0.1, 0.15) is 0 Å². The van der Waals surface area contributed by atoms with Crippen LogP contribution in [0.25, 0.3) is 21.9 Å². The van der Waals surface area contributed by atoms with E-state index in [1.165, 1.54) is 21.6 Å². The summed E-state index contributed by atoms with van der Waals surface area (Å²) in [7, 11) is 1.97. The molecule has 0 aliphatic carbocycles. The molecule has 0 unspecified atom stereocenters. The number of carbonyl (C=O) groups excluding carboxylic acids is 1. The zero-order valence-corrected chi connectivity index (χ0v) is 20.2. The van der Waals surface area contributed by atoms with Gasteiger partial charge in [-0.05, 0) is 54.2 Å². The molecular weight excluding hydrogens is 444 g/mol. The predicted octanol–water partition coefficient (Wildman–Crippen LogP) is 4.19. The fraction of sp³-hybridized carbons (Fsp3) is 0.269. The van der Waals surface area contributed by atoms with Gasteiger partial charge in [0.05, 0.1) is 18.8 Å². The van der Waals surface area contributed by atoms with Crippen LogP contribution in [0.1, 0.15) is 23.4 Å². The number of rotatable bonds is 7. The first kappa shape index (κ1) is 22.5. The largest absolute Gasteiger partial charge is 0.361 e. The number of hydrogen-bond donors (Lipinski definition) is 3. The zero-order valence-electron chi connectivity index (χ0n) is 19.3. The fourth-order valence-electron chi connectivity index (χ4n) is 4.36. The van der Waals surface area contributed by atoms with Crippen molar-refractivity contribution in [1.29, 1.82) is 0 Å². The standard InChI is InChI=1S/C26H28N6OS/c1-17(24-11-20(16-34-24)22-6-4-3-5-18(22)13-27-2)30-26-23-12-21(8-7-19(23)14-29-31-26)32-10-9-28-15-25(32)33/h3-8,11-12,14,16-17,27-28H,9-10,13,15H2,1-2H3,(H,30,31)/t17-/m1/s1. The van der Waals surface area contributed by atoms with E-state index in [9.17, 15) is 4.79 Å². The van der Waals surface area contributed by atoms with Crippen molar-refractivity contribution in [1.82, 2.24) is 20.8 Å². The van der Waals surface area contributed by atoms with Crippen LogP contribution in [0, 0.1) is 0 Å². The Kier molecular flexibility index (Phi) is 6.53. The Bertz CT molecular complexity index is 1320. The second-order valence-corrected chi connectivity index (χ2v) is 9.42. The van der Waals surface area contributed by atoms with Gasteiger partial charge < -0.3 is 20.9 Å². The van der Waals surface area contributed by atoms with Crippen LogP contribution in [-0.4, -0.2) is 42.8 Å². The minimum Gasteiger partial charge on any atom is -0.361 e. The molecule has 34 heavy (non-hydrogen) atoms. The highest BCUT2D eigenvalue weighted by atomic mass is 32.1. The number of benzene rings is 2. The van der Waals surface area contributed by atoms with E-state index in [-0.39, 0.29) is 11.9 Å². The van der Waals surface area contributed by atoms with Crippen molar-refractivity contribution in [3.8, 4) is 11.1 Å². The van der Waals surface area contributed by atoms with Gasteiger partial charge in [0, 0.05) is 41.0 Å². The lowest BCUT2D eigenvalue weighted by atomic mass is 10.0. The van der Waals surface area contributed by atoms with Crippen LogP contribution >= 0.6 is 11.3 Å². The minimum absolute atomic E-state index is 0.0552. The summed E-state index contributed by atoms with van der Waals surface area (Å²) in [6.45, 7) is 4.79. The summed E-state index contributed by atoms with van der Waals surface area (Å²) in [6, 6.07) is 16.8. The third kappa shape index (κ3) is 4.52. The highest BCUT2D eigenvalue weighted by molar-refractivity contribution is 7.10. The monoisotopic (exact) mass is 472 g/mol. The number of hydrogen-bond acceptors (Lipinski definition) is 7. The average Bonchev–Trinajstić information content (AvgIpc) is 3.35. The van der Waals surface area contributed by atoms with Crippen molar-refractivity contribution >= 4 is 39.5 Å². The summed E-state index contributed by atoms with van der Waals surface area (Å²) in [4.78, 5) is 15.4. The molecule has 7 nitrogen and oxygen atoms in total. The zero-order chi connectivity index (χ0) is 23.5. The quantitative estimate of drug-likeness (QED) is 0.374. The number of piperazine rings is 1. The molecule has 3 heterocycles. The molecule has 2 aromatic heterocycles. The maximum Gasteiger partial charge on any atom is 0.240 e. The van der Waals surface area contributed by atoms with Gasteiger partial charge in [-0.3, -0.25) is 4.79 Å². The number of amides is 1. The molecule has 1 fully saturated rings. The molecule has 5 rings (SSSR count). The Morgan fingerprint density at radius 1 is 1.21 bits per heavy atom. The first-order valence-electron chi connectivity index (χ1n) is 11.5. The van der Waals surface area contributed by atoms with Gasteiger partial charge in [0.2, 0.25) is 5.91 Å². The molecule has 4 aromatic rings. The number of fused-ring (bicyclic) bond motifs is 1. The molecule has 3 N–H and O–H groups in total. The summed E-state index contributed by atoms with van der Waals surface area (Å²) in [6.07, 6.45) is 1.76. The number of anilines is 2. The Hall–Kier alpha value is -3.33. The summed E-state index contributed by atoms with van der Waals surface area (Å²) < 4.78 is 0. The van der Waals surface area contributed by atoms with Crippen LogP contribution in [0.5, 0.6) is 0 Å². The molecule has 0 bridgehead atoms. The molecule has 1 aliphatic heterocycles. The van der Waals surface area contributed by atoms with Gasteiger partial charge >= 0.3 is 0 Å². The predicted molar refractivity (Wildman–Crippen MR) is 139 cm³/mol. The van der Waals surface area contributed by atoms with Gasteiger partial charge in [0.15, 0.2) is 5.82 Å². The van der Waals surface area contributed by atoms with E-state index in [0.29, 0.717) is 13.1 Å². The first-order valence-corrected chi connectivity index (χ1v) is 12.4. The fourth-order valence-corrected chi connectivity index (χ4v) is 5.28. The number of thiophene rings is 1. The Morgan fingerprint density at radius 2 is 2.09 bits per heavy atom. The van der Waals surface area contributed by atoms with Gasteiger partial charge in [-0.25, -0.2) is 0 Å². The van der Waals surface area contributed by atoms with Gasteiger partial charge in [-0.1, -0.05) is 30.3 Å². The molecule has 1 amide bonds. The second-order valence-electron chi connectivity index (χ2n) is 8.48. The summed E-state index contributed by atoms with van der Waals surface area (Å²) in [5.41, 5.74) is 4.65. The maximum absolute atomic E-state index is 12.4. The van der Waals surface area contributed by atoms with Gasteiger partial charge in [-0.15, -0.1) is 16.4 Å². The molecule has 174 valence electrons. The van der Waals surface area contributed by atoms with Crippen LogP contribution < -0.4 is 20.9 Å². The van der Waals surface area contributed by atoms with E-state index >= 15 is 0 Å². The lowest BCUT2D eigenvalue weighted by Gasteiger charge is -2.27. The smallest absolute Gasteiger partial charge is 0.240 e. The molecule has 1 aliphatic rings. The summed E-state index contributed by atoms with van der Waals surface area (Å²) in [5.74, 6) is 0.806. The van der Waals surface area contributed by atoms with Crippen LogP contribution in [0.3, 0.4) is 0 Å². The van der Waals surface area contributed by atoms with Crippen LogP contribution in [0.2, 0.25) is 0 Å². The normalized spacial score (nSPS) is 15.0. The summed E-state index contributed by atoms with van der Waals surface area (Å²) in [5, 5.41) is 22.7. The van der Waals surface area contributed by atoms with Crippen molar-refractivity contribution in [2.24, 2.45) is 0 Å². The van der Waals surface area contributed by atoms with Crippen LogP contribution in [0.15, 0.2) is 60.1 Å². The third-order valence-electron chi connectivity index (χ3n) is 6.14. The molecule has 0 spiro atoms. The van der Waals surface area contributed by atoms with Crippen LogP contribution in [-0.2, 0) is 11.3 Å². The van der Waals surface area contributed by atoms with Crippen molar-refractivity contribution in [3.63, 3.8) is 0 Å². The van der Waals surface area contributed by atoms with E-state index in [0.717, 1.165) is 35.4 Å². The highest BCUT2D eigenvalue weighted by Crippen LogP contribution is 2.34. The van der Waals surface area contributed by atoms with Crippen molar-refractivity contribution in [3.05, 3.63) is 70.5 Å². The maximum atomic E-state index is 12.4. The van der Waals surface area contributed by atoms with Crippen molar-refractivity contribution in [2.45, 2.75) is 19.5 Å². The van der Waals surface area contributed by atoms with Crippen molar-refractivity contribution in [2.75, 3.05) is 36.9 Å². The third-order valence-corrected chi connectivity index (χ3v) is 7.26.